The van der Waals surface area contributed by atoms with Crippen LogP contribution in [-0.4, -0.2) is 14.5 Å². The summed E-state index contributed by atoms with van der Waals surface area (Å²) in [5.41, 5.74) is 6.30. The van der Waals surface area contributed by atoms with E-state index < -0.39 is 0 Å². The summed E-state index contributed by atoms with van der Waals surface area (Å²) >= 11 is 1.78. The lowest BCUT2D eigenvalue weighted by molar-refractivity contribution is 1.18. The number of thiophene rings is 1. The normalized spacial score (nSPS) is 11.3. The fraction of sp³-hybridized carbons (Fsp3) is 0. The van der Waals surface area contributed by atoms with Gasteiger partial charge in [0.2, 0.25) is 0 Å². The maximum Gasteiger partial charge on any atom is 0.160 e. The Hall–Kier alpha value is -6.85. The van der Waals surface area contributed by atoms with Gasteiger partial charge >= 0.3 is 0 Å². The molecule has 0 saturated carbocycles. The number of nitrogens with zero attached hydrogens (tertiary/aromatic N) is 6. The monoisotopic (exact) mass is 628 g/mol. The van der Waals surface area contributed by atoms with Crippen LogP contribution in [0.5, 0.6) is 0 Å². The minimum absolute atomic E-state index is 0.275. The Labute approximate surface area is 278 Å². The molecule has 9 aromatic rings. The van der Waals surface area contributed by atoms with E-state index in [0.717, 1.165) is 33.1 Å². The first-order valence-corrected chi connectivity index (χ1v) is 16.1. The molecule has 0 fully saturated rings. The second-order valence-electron chi connectivity index (χ2n) is 11.5. The van der Waals surface area contributed by atoms with E-state index in [4.69, 9.17) is 9.97 Å². The number of hydrogen-bond donors (Lipinski definition) is 0. The number of nitriles is 3. The van der Waals surface area contributed by atoms with Gasteiger partial charge in [-0.3, -0.25) is 0 Å². The summed E-state index contributed by atoms with van der Waals surface area (Å²) in [5, 5.41) is 35.7. The molecule has 0 N–H and O–H groups in total. The lowest BCUT2D eigenvalue weighted by Gasteiger charge is -2.14. The van der Waals surface area contributed by atoms with Crippen molar-refractivity contribution in [2.24, 2.45) is 0 Å². The Bertz CT molecular complexity index is 2930. The SMILES string of the molecule is N#Cc1cc(C#N)c2nc(-c3ccccc3)nc(-c3ccc(-n4c5ccccc5c5ccc6sc7ccccc7c6c54)cc3C#N)c2c1. The molecular weight excluding hydrogens is 609 g/mol. The van der Waals surface area contributed by atoms with Gasteiger partial charge in [0.1, 0.15) is 6.07 Å². The Morgan fingerprint density at radius 2 is 1.35 bits per heavy atom. The summed E-state index contributed by atoms with van der Waals surface area (Å²) in [6.07, 6.45) is 0. The van der Waals surface area contributed by atoms with Crippen molar-refractivity contribution in [3.63, 3.8) is 0 Å². The number of rotatable bonds is 3. The van der Waals surface area contributed by atoms with Crippen molar-refractivity contribution in [1.82, 2.24) is 14.5 Å². The van der Waals surface area contributed by atoms with E-state index >= 15 is 0 Å². The second kappa shape index (κ2) is 10.6. The highest BCUT2D eigenvalue weighted by molar-refractivity contribution is 7.26. The molecule has 6 nitrogen and oxygen atoms in total. The minimum atomic E-state index is 0.275. The quantitative estimate of drug-likeness (QED) is 0.194. The number of hydrogen-bond acceptors (Lipinski definition) is 6. The predicted octanol–water partition coefficient (Wildman–Crippen LogP) is 10.0. The Morgan fingerprint density at radius 3 is 2.17 bits per heavy atom. The third-order valence-electron chi connectivity index (χ3n) is 8.89. The molecule has 9 rings (SSSR count). The standard InChI is InChI=1S/C41H20N6S/c42-21-24-18-27(23-44)38-33(19-24)39(46-41(45-38)25-8-2-1-3-9-25)29-15-14-28(20-26(29)22-43)47-34-12-6-4-10-30(34)31-16-17-36-37(40(31)47)32-11-5-7-13-35(32)48-36/h1-20H. The molecule has 0 atom stereocenters. The molecular formula is C41H20N6S. The Balaban J connectivity index is 1.35. The Morgan fingerprint density at radius 1 is 0.583 bits per heavy atom. The molecule has 0 radical (unpaired) electrons. The molecule has 0 aliphatic rings. The van der Waals surface area contributed by atoms with Crippen LogP contribution in [0.3, 0.4) is 0 Å². The van der Waals surface area contributed by atoms with Crippen molar-refractivity contribution in [2.75, 3.05) is 0 Å². The van der Waals surface area contributed by atoms with E-state index in [1.54, 1.807) is 23.5 Å². The van der Waals surface area contributed by atoms with Crippen molar-refractivity contribution in [2.45, 2.75) is 0 Å². The van der Waals surface area contributed by atoms with E-state index in [2.05, 4.69) is 77.4 Å². The average Bonchev–Trinajstić information content (AvgIpc) is 3.70. The van der Waals surface area contributed by atoms with Gasteiger partial charge in [-0.05, 0) is 48.5 Å². The molecule has 3 heterocycles. The fourth-order valence-corrected chi connectivity index (χ4v) is 7.92. The summed E-state index contributed by atoms with van der Waals surface area (Å²) < 4.78 is 4.68. The van der Waals surface area contributed by atoms with Gasteiger partial charge < -0.3 is 4.57 Å². The highest BCUT2D eigenvalue weighted by atomic mass is 32.1. The molecule has 7 heteroatoms. The third-order valence-corrected chi connectivity index (χ3v) is 10.0. The van der Waals surface area contributed by atoms with Crippen LogP contribution in [0.15, 0.2) is 121 Å². The molecule has 0 aliphatic heterocycles. The van der Waals surface area contributed by atoms with Gasteiger partial charge in [-0.25, -0.2) is 9.97 Å². The van der Waals surface area contributed by atoms with E-state index in [1.165, 1.54) is 20.2 Å². The maximum atomic E-state index is 10.7. The van der Waals surface area contributed by atoms with Gasteiger partial charge in [0.25, 0.3) is 0 Å². The molecule has 3 aromatic heterocycles. The largest absolute Gasteiger partial charge is 0.309 e. The maximum absolute atomic E-state index is 10.7. The zero-order valence-electron chi connectivity index (χ0n) is 25.1. The van der Waals surface area contributed by atoms with E-state index in [0.29, 0.717) is 39.1 Å². The summed E-state index contributed by atoms with van der Waals surface area (Å²) in [6.45, 7) is 0. The lowest BCUT2D eigenvalue weighted by Crippen LogP contribution is -2.00. The van der Waals surface area contributed by atoms with Gasteiger partial charge in [0.05, 0.1) is 51.1 Å². The minimum Gasteiger partial charge on any atom is -0.309 e. The number of aromatic nitrogens is 3. The first-order valence-electron chi connectivity index (χ1n) is 15.3. The van der Waals surface area contributed by atoms with E-state index in [1.807, 2.05) is 54.6 Å². The fourth-order valence-electron chi connectivity index (χ4n) is 6.81. The molecule has 0 saturated heterocycles. The van der Waals surface area contributed by atoms with Crippen LogP contribution in [-0.2, 0) is 0 Å². The molecule has 6 aromatic carbocycles. The molecule has 0 unspecified atom stereocenters. The van der Waals surface area contributed by atoms with Crippen molar-refractivity contribution >= 4 is 64.2 Å². The van der Waals surface area contributed by atoms with E-state index in [-0.39, 0.29) is 5.56 Å². The molecule has 0 bridgehead atoms. The molecule has 48 heavy (non-hydrogen) atoms. The topological polar surface area (TPSA) is 102 Å². The first kappa shape index (κ1) is 27.5. The zero-order chi connectivity index (χ0) is 32.4. The highest BCUT2D eigenvalue weighted by Crippen LogP contribution is 2.43. The highest BCUT2D eigenvalue weighted by Gasteiger charge is 2.21. The summed E-state index contributed by atoms with van der Waals surface area (Å²) in [6, 6.07) is 46.7. The van der Waals surface area contributed by atoms with Gasteiger partial charge in [-0.15, -0.1) is 11.3 Å². The van der Waals surface area contributed by atoms with Gasteiger partial charge in [0, 0.05) is 53.1 Å². The number of para-hydroxylation sites is 1. The van der Waals surface area contributed by atoms with Crippen LogP contribution in [0.4, 0.5) is 0 Å². The molecule has 0 aliphatic carbocycles. The molecule has 0 spiro atoms. The van der Waals surface area contributed by atoms with E-state index in [9.17, 15) is 15.8 Å². The van der Waals surface area contributed by atoms with Crippen molar-refractivity contribution < 1.29 is 0 Å². The second-order valence-corrected chi connectivity index (χ2v) is 12.6. The predicted molar refractivity (Wildman–Crippen MR) is 192 cm³/mol. The van der Waals surface area contributed by atoms with Crippen LogP contribution < -0.4 is 0 Å². The Kier molecular flexibility index (Phi) is 6.07. The van der Waals surface area contributed by atoms with Gasteiger partial charge in [0.15, 0.2) is 5.82 Å². The van der Waals surface area contributed by atoms with Crippen LogP contribution in [0.2, 0.25) is 0 Å². The van der Waals surface area contributed by atoms with Crippen LogP contribution >= 0.6 is 11.3 Å². The summed E-state index contributed by atoms with van der Waals surface area (Å²) in [5.74, 6) is 0.432. The van der Waals surface area contributed by atoms with Crippen molar-refractivity contribution in [3.8, 4) is 46.5 Å². The zero-order valence-corrected chi connectivity index (χ0v) is 26.0. The van der Waals surface area contributed by atoms with Crippen LogP contribution in [0.1, 0.15) is 16.7 Å². The average molecular weight is 629 g/mol. The van der Waals surface area contributed by atoms with Crippen LogP contribution in [0, 0.1) is 34.0 Å². The summed E-state index contributed by atoms with van der Waals surface area (Å²) in [7, 11) is 0. The van der Waals surface area contributed by atoms with Crippen LogP contribution in [0.25, 0.3) is 81.2 Å². The van der Waals surface area contributed by atoms with Crippen molar-refractivity contribution in [1.29, 1.82) is 15.8 Å². The smallest absolute Gasteiger partial charge is 0.160 e. The molecule has 220 valence electrons. The van der Waals surface area contributed by atoms with Crippen molar-refractivity contribution in [3.05, 3.63) is 138 Å². The third kappa shape index (κ3) is 4.01. The molecule has 0 amide bonds. The lowest BCUT2D eigenvalue weighted by atomic mass is 9.97. The van der Waals surface area contributed by atoms with Gasteiger partial charge in [-0.1, -0.05) is 72.8 Å². The van der Waals surface area contributed by atoms with Gasteiger partial charge in [-0.2, -0.15) is 15.8 Å². The number of benzene rings is 6. The summed E-state index contributed by atoms with van der Waals surface area (Å²) in [4.78, 5) is 9.75. The number of fused-ring (bicyclic) bond motifs is 8. The first-order chi connectivity index (χ1) is 23.7.